The Morgan fingerprint density at radius 3 is 2.67 bits per heavy atom. The highest BCUT2D eigenvalue weighted by Gasteiger charge is 2.36. The highest BCUT2D eigenvalue weighted by molar-refractivity contribution is 5.82. The van der Waals surface area contributed by atoms with Gasteiger partial charge in [0.1, 0.15) is 17.2 Å². The Hall–Kier alpha value is -2.38. The zero-order valence-corrected chi connectivity index (χ0v) is 16.0. The van der Waals surface area contributed by atoms with Gasteiger partial charge < -0.3 is 19.9 Å². The molecule has 2 heterocycles. The van der Waals surface area contributed by atoms with Crippen LogP contribution in [-0.2, 0) is 11.2 Å². The molecule has 0 bridgehead atoms. The molecule has 1 unspecified atom stereocenters. The molecule has 1 saturated heterocycles. The molecule has 27 heavy (non-hydrogen) atoms. The van der Waals surface area contributed by atoms with E-state index in [4.69, 9.17) is 4.74 Å². The Bertz CT molecular complexity index is 713. The number of guanidine groups is 1. The van der Waals surface area contributed by atoms with E-state index in [0.29, 0.717) is 32.7 Å². The molecule has 0 spiro atoms. The van der Waals surface area contributed by atoms with Gasteiger partial charge in [-0.2, -0.15) is 0 Å². The van der Waals surface area contributed by atoms with Crippen LogP contribution in [0, 0.1) is 11.6 Å². The van der Waals surface area contributed by atoms with Gasteiger partial charge >= 0.3 is 6.09 Å². The largest absolute Gasteiger partial charge is 0.444 e. The van der Waals surface area contributed by atoms with Gasteiger partial charge in [-0.3, -0.25) is 4.99 Å². The smallest absolute Gasteiger partial charge is 0.410 e. The number of carbonyl (C=O) groups is 1. The van der Waals surface area contributed by atoms with Crippen LogP contribution >= 0.6 is 0 Å². The maximum atomic E-state index is 13.7. The van der Waals surface area contributed by atoms with E-state index in [1.807, 2.05) is 20.8 Å². The molecule has 8 heteroatoms. The summed E-state index contributed by atoms with van der Waals surface area (Å²) in [5.74, 6) is -0.344. The first-order valence-corrected chi connectivity index (χ1v) is 9.20. The van der Waals surface area contributed by atoms with Crippen LogP contribution in [0.4, 0.5) is 13.6 Å². The fourth-order valence-electron chi connectivity index (χ4n) is 3.29. The number of piperazine rings is 1. The summed E-state index contributed by atoms with van der Waals surface area (Å²) >= 11 is 0. The van der Waals surface area contributed by atoms with Crippen LogP contribution < -0.4 is 5.32 Å². The Kier molecular flexibility index (Phi) is 5.53. The number of halogens is 2. The molecule has 1 aromatic rings. The van der Waals surface area contributed by atoms with Crippen molar-refractivity contribution in [3.05, 3.63) is 35.4 Å². The molecular formula is C19H26F2N4O2. The first kappa shape index (κ1) is 19.4. The summed E-state index contributed by atoms with van der Waals surface area (Å²) in [5, 5.41) is 3.17. The summed E-state index contributed by atoms with van der Waals surface area (Å²) in [7, 11) is 0. The van der Waals surface area contributed by atoms with E-state index in [2.05, 4.69) is 15.2 Å². The molecule has 1 N–H and O–H groups in total. The van der Waals surface area contributed by atoms with Gasteiger partial charge in [-0.15, -0.1) is 0 Å². The van der Waals surface area contributed by atoms with Crippen molar-refractivity contribution < 1.29 is 18.3 Å². The lowest BCUT2D eigenvalue weighted by Gasteiger charge is -2.39. The second-order valence-electron chi connectivity index (χ2n) is 7.81. The highest BCUT2D eigenvalue weighted by Crippen LogP contribution is 2.19. The second-order valence-corrected chi connectivity index (χ2v) is 7.81. The molecule has 2 aliphatic heterocycles. The van der Waals surface area contributed by atoms with Gasteiger partial charge in [0.2, 0.25) is 0 Å². The highest BCUT2D eigenvalue weighted by atomic mass is 19.1. The van der Waals surface area contributed by atoms with Crippen LogP contribution in [0.3, 0.4) is 0 Å². The van der Waals surface area contributed by atoms with Crippen LogP contribution in [0.1, 0.15) is 26.3 Å². The van der Waals surface area contributed by atoms with Crippen molar-refractivity contribution in [3.8, 4) is 0 Å². The molecule has 148 valence electrons. The summed E-state index contributed by atoms with van der Waals surface area (Å²) in [5.41, 5.74) is -0.440. The number of benzene rings is 1. The molecule has 2 aliphatic rings. The van der Waals surface area contributed by atoms with Crippen molar-refractivity contribution in [2.24, 2.45) is 4.99 Å². The molecule has 0 aromatic heterocycles. The maximum Gasteiger partial charge on any atom is 0.410 e. The SMILES string of the molecule is CC(C)(C)OC(=O)N1CCN2C(NCCc3c(F)cccc3F)=NCC2C1. The number of fused-ring (bicyclic) bond motifs is 1. The molecule has 0 aliphatic carbocycles. The standard InChI is InChI=1S/C19H26F2N4O2/c1-19(2,3)27-18(26)24-9-10-25-13(12-24)11-23-17(25)22-8-7-14-15(20)5-4-6-16(14)21/h4-6,13H,7-12H2,1-3H3,(H,22,23). The summed E-state index contributed by atoms with van der Waals surface area (Å²) < 4.78 is 32.8. The monoisotopic (exact) mass is 380 g/mol. The molecule has 0 saturated carbocycles. The number of nitrogens with one attached hydrogen (secondary N) is 1. The number of rotatable bonds is 3. The first-order chi connectivity index (χ1) is 12.7. The maximum absolute atomic E-state index is 13.7. The van der Waals surface area contributed by atoms with E-state index in [9.17, 15) is 13.6 Å². The Morgan fingerprint density at radius 2 is 2.00 bits per heavy atom. The van der Waals surface area contributed by atoms with Crippen molar-refractivity contribution in [1.82, 2.24) is 15.1 Å². The number of carbonyl (C=O) groups excluding carboxylic acids is 1. The number of amides is 1. The molecule has 3 rings (SSSR count). The average molecular weight is 380 g/mol. The Labute approximate surface area is 158 Å². The molecule has 6 nitrogen and oxygen atoms in total. The van der Waals surface area contributed by atoms with Gasteiger partial charge in [-0.05, 0) is 39.3 Å². The Morgan fingerprint density at radius 1 is 1.30 bits per heavy atom. The molecule has 0 radical (unpaired) electrons. The van der Waals surface area contributed by atoms with Gasteiger partial charge in [0.15, 0.2) is 5.96 Å². The van der Waals surface area contributed by atoms with Crippen LogP contribution in [0.25, 0.3) is 0 Å². The summed E-state index contributed by atoms with van der Waals surface area (Å²) in [6.45, 7) is 8.25. The predicted molar refractivity (Wildman–Crippen MR) is 98.7 cm³/mol. The molecule has 1 fully saturated rings. The van der Waals surface area contributed by atoms with E-state index in [0.717, 1.165) is 5.96 Å². The minimum atomic E-state index is -0.533. The lowest BCUT2D eigenvalue weighted by Crippen LogP contribution is -2.57. The topological polar surface area (TPSA) is 57.2 Å². The minimum absolute atomic E-state index is 0.0786. The van der Waals surface area contributed by atoms with Gasteiger partial charge in [0, 0.05) is 31.7 Å². The number of ether oxygens (including phenoxy) is 1. The van der Waals surface area contributed by atoms with Gasteiger partial charge in [0.05, 0.1) is 12.6 Å². The molecule has 1 aromatic carbocycles. The summed E-state index contributed by atoms with van der Waals surface area (Å²) in [6, 6.07) is 3.98. The van der Waals surface area contributed by atoms with Gasteiger partial charge in [-0.1, -0.05) is 6.07 Å². The molecule has 1 amide bonds. The van der Waals surface area contributed by atoms with Crippen molar-refractivity contribution in [2.45, 2.75) is 38.8 Å². The summed E-state index contributed by atoms with van der Waals surface area (Å²) in [6.07, 6.45) is -0.0707. The lowest BCUT2D eigenvalue weighted by atomic mass is 10.1. The van der Waals surface area contributed by atoms with E-state index >= 15 is 0 Å². The lowest BCUT2D eigenvalue weighted by molar-refractivity contribution is 0.0137. The number of hydrogen-bond acceptors (Lipinski definition) is 5. The minimum Gasteiger partial charge on any atom is -0.444 e. The van der Waals surface area contributed by atoms with Gasteiger partial charge in [0.25, 0.3) is 0 Å². The molecule has 1 atom stereocenters. The number of hydrogen-bond donors (Lipinski definition) is 1. The predicted octanol–water partition coefficient (Wildman–Crippen LogP) is 2.39. The quantitative estimate of drug-likeness (QED) is 0.875. The zero-order valence-electron chi connectivity index (χ0n) is 16.0. The fraction of sp³-hybridized carbons (Fsp3) is 0.579. The van der Waals surface area contributed by atoms with Gasteiger partial charge in [-0.25, -0.2) is 13.6 Å². The zero-order chi connectivity index (χ0) is 19.6. The fourth-order valence-corrected chi connectivity index (χ4v) is 3.29. The third-order valence-corrected chi connectivity index (χ3v) is 4.58. The normalized spacial score (nSPS) is 19.6. The average Bonchev–Trinajstić information content (AvgIpc) is 2.98. The third-order valence-electron chi connectivity index (χ3n) is 4.58. The van der Waals surface area contributed by atoms with E-state index in [-0.39, 0.29) is 24.1 Å². The van der Waals surface area contributed by atoms with E-state index in [1.54, 1.807) is 4.90 Å². The third kappa shape index (κ3) is 4.67. The van der Waals surface area contributed by atoms with Crippen LogP contribution in [-0.4, -0.2) is 66.2 Å². The van der Waals surface area contributed by atoms with Crippen molar-refractivity contribution in [1.29, 1.82) is 0 Å². The van der Waals surface area contributed by atoms with Crippen LogP contribution in [0.2, 0.25) is 0 Å². The Balaban J connectivity index is 1.50. The second kappa shape index (κ2) is 7.70. The first-order valence-electron chi connectivity index (χ1n) is 9.20. The summed E-state index contributed by atoms with van der Waals surface area (Å²) in [4.78, 5) is 20.5. The number of nitrogens with zero attached hydrogens (tertiary/aromatic N) is 3. The van der Waals surface area contributed by atoms with E-state index in [1.165, 1.54) is 18.2 Å². The van der Waals surface area contributed by atoms with E-state index < -0.39 is 17.2 Å². The van der Waals surface area contributed by atoms with Crippen molar-refractivity contribution in [2.75, 3.05) is 32.7 Å². The van der Waals surface area contributed by atoms with Crippen molar-refractivity contribution in [3.63, 3.8) is 0 Å². The van der Waals surface area contributed by atoms with Crippen molar-refractivity contribution >= 4 is 12.1 Å². The van der Waals surface area contributed by atoms with Crippen LogP contribution in [0.5, 0.6) is 0 Å². The van der Waals surface area contributed by atoms with Crippen LogP contribution in [0.15, 0.2) is 23.2 Å². The molecular weight excluding hydrogens is 354 g/mol. The number of aliphatic imine (C=N–C) groups is 1.